The van der Waals surface area contributed by atoms with Gasteiger partial charge in [-0.05, 0) is 106 Å². The van der Waals surface area contributed by atoms with Gasteiger partial charge in [-0.15, -0.1) is 0 Å². The number of hydrogen-bond acceptors (Lipinski definition) is 3. The van der Waals surface area contributed by atoms with Crippen LogP contribution in [0.15, 0.2) is 78.9 Å². The first-order valence-electron chi connectivity index (χ1n) is 14.0. The molecule has 1 saturated heterocycles. The number of halogens is 3. The Kier molecular flexibility index (Phi) is 8.43. The molecule has 1 aliphatic heterocycles. The number of aryl methyl sites for hydroxylation is 1. The van der Waals surface area contributed by atoms with Gasteiger partial charge in [-0.1, -0.05) is 24.3 Å². The van der Waals surface area contributed by atoms with Crippen LogP contribution in [0.25, 0.3) is 11.3 Å². The summed E-state index contributed by atoms with van der Waals surface area (Å²) in [6, 6.07) is 22.0. The summed E-state index contributed by atoms with van der Waals surface area (Å²) in [5, 5.41) is 4.92. The van der Waals surface area contributed by atoms with Gasteiger partial charge in [0, 0.05) is 31.7 Å². The van der Waals surface area contributed by atoms with E-state index < -0.39 is 0 Å². The van der Waals surface area contributed by atoms with Crippen LogP contribution in [0.5, 0.6) is 0 Å². The molecule has 0 unspecified atom stereocenters. The summed E-state index contributed by atoms with van der Waals surface area (Å²) in [5.74, 6) is -0.764. The summed E-state index contributed by atoms with van der Waals surface area (Å²) in [7, 11) is 0. The van der Waals surface area contributed by atoms with Crippen molar-refractivity contribution in [3.8, 4) is 11.3 Å². The monoisotopic (exact) mass is 546 g/mol. The second kappa shape index (κ2) is 12.0. The highest BCUT2D eigenvalue weighted by atomic mass is 19.1. The lowest BCUT2D eigenvalue weighted by Gasteiger charge is -2.39. The molecule has 1 aliphatic rings. The molecule has 40 heavy (non-hydrogen) atoms. The highest BCUT2D eigenvalue weighted by Crippen LogP contribution is 2.31. The van der Waals surface area contributed by atoms with Gasteiger partial charge in [0.05, 0.1) is 23.0 Å². The Morgan fingerprint density at radius 1 is 0.725 bits per heavy atom. The topological polar surface area (TPSA) is 24.3 Å². The third-order valence-electron chi connectivity index (χ3n) is 7.59. The predicted octanol–water partition coefficient (Wildman–Crippen LogP) is 7.06. The minimum Gasteiger partial charge on any atom is -0.301 e. The van der Waals surface area contributed by atoms with Crippen LogP contribution in [-0.2, 0) is 12.0 Å². The molecular formula is C33H37F3N4. The maximum Gasteiger partial charge on any atom is 0.123 e. The average molecular weight is 547 g/mol. The third-order valence-corrected chi connectivity index (χ3v) is 7.59. The van der Waals surface area contributed by atoms with E-state index in [1.165, 1.54) is 36.4 Å². The molecule has 0 amide bonds. The normalized spacial score (nSPS) is 15.2. The van der Waals surface area contributed by atoms with Gasteiger partial charge in [0.1, 0.15) is 17.5 Å². The number of hydrogen-bond donors (Lipinski definition) is 0. The Hall–Kier alpha value is -3.42. The summed E-state index contributed by atoms with van der Waals surface area (Å²) in [5.41, 5.74) is 4.83. The van der Waals surface area contributed by atoms with Crippen molar-refractivity contribution < 1.29 is 13.2 Å². The number of benzene rings is 3. The van der Waals surface area contributed by atoms with E-state index in [0.717, 1.165) is 73.6 Å². The van der Waals surface area contributed by atoms with Crippen LogP contribution < -0.4 is 0 Å². The van der Waals surface area contributed by atoms with Crippen LogP contribution >= 0.6 is 0 Å². The van der Waals surface area contributed by atoms with Crippen LogP contribution in [-0.4, -0.2) is 52.3 Å². The fourth-order valence-electron chi connectivity index (χ4n) is 5.52. The number of rotatable bonds is 8. The van der Waals surface area contributed by atoms with E-state index in [4.69, 9.17) is 5.10 Å². The molecule has 2 heterocycles. The van der Waals surface area contributed by atoms with E-state index in [-0.39, 0.29) is 29.0 Å². The Bertz CT molecular complexity index is 1340. The molecule has 0 radical (unpaired) electrons. The SMILES string of the molecule is CC(C)(C)n1nc(CCCN2CCN(C(c3ccc(F)cc3)c3ccc(F)cc3)CC2)cc1-c1ccc(F)cc1. The molecule has 0 atom stereocenters. The summed E-state index contributed by atoms with van der Waals surface area (Å²) in [4.78, 5) is 4.88. The first-order valence-corrected chi connectivity index (χ1v) is 14.0. The van der Waals surface area contributed by atoms with Crippen LogP contribution in [0.4, 0.5) is 13.2 Å². The first kappa shape index (κ1) is 28.1. The van der Waals surface area contributed by atoms with Crippen LogP contribution in [0.3, 0.4) is 0 Å². The molecule has 7 heteroatoms. The smallest absolute Gasteiger partial charge is 0.123 e. The third kappa shape index (κ3) is 6.65. The van der Waals surface area contributed by atoms with Crippen molar-refractivity contribution in [3.05, 3.63) is 113 Å². The summed E-state index contributed by atoms with van der Waals surface area (Å²) < 4.78 is 42.8. The first-order chi connectivity index (χ1) is 19.2. The molecule has 0 N–H and O–H groups in total. The summed E-state index contributed by atoms with van der Waals surface area (Å²) >= 11 is 0. The lowest BCUT2D eigenvalue weighted by Crippen LogP contribution is -2.48. The van der Waals surface area contributed by atoms with Gasteiger partial charge in [0.25, 0.3) is 0 Å². The molecule has 4 aromatic rings. The number of piperazine rings is 1. The molecule has 0 bridgehead atoms. The second-order valence-electron chi connectivity index (χ2n) is 11.6. The van der Waals surface area contributed by atoms with E-state index >= 15 is 0 Å². The Balaban J connectivity index is 1.21. The number of aromatic nitrogens is 2. The molecule has 1 fully saturated rings. The summed E-state index contributed by atoms with van der Waals surface area (Å²) in [6.45, 7) is 10.9. The minimum absolute atomic E-state index is 0.0467. The predicted molar refractivity (Wildman–Crippen MR) is 154 cm³/mol. The van der Waals surface area contributed by atoms with Gasteiger partial charge in [0.2, 0.25) is 0 Å². The lowest BCUT2D eigenvalue weighted by molar-refractivity contribution is 0.108. The Labute approximate surface area is 235 Å². The molecule has 3 aromatic carbocycles. The van der Waals surface area contributed by atoms with Crippen molar-refractivity contribution in [2.75, 3.05) is 32.7 Å². The Morgan fingerprint density at radius 3 is 1.73 bits per heavy atom. The molecule has 5 rings (SSSR count). The van der Waals surface area contributed by atoms with E-state index in [1.54, 1.807) is 0 Å². The van der Waals surface area contributed by atoms with E-state index in [0.29, 0.717) is 0 Å². The zero-order chi connectivity index (χ0) is 28.3. The van der Waals surface area contributed by atoms with Crippen LogP contribution in [0, 0.1) is 17.5 Å². The molecule has 0 spiro atoms. The van der Waals surface area contributed by atoms with Crippen molar-refractivity contribution in [3.63, 3.8) is 0 Å². The highest BCUT2D eigenvalue weighted by molar-refractivity contribution is 5.60. The maximum absolute atomic E-state index is 13.6. The molecule has 210 valence electrons. The van der Waals surface area contributed by atoms with Crippen LogP contribution in [0.2, 0.25) is 0 Å². The van der Waals surface area contributed by atoms with Gasteiger partial charge in [0.15, 0.2) is 0 Å². The zero-order valence-electron chi connectivity index (χ0n) is 23.5. The van der Waals surface area contributed by atoms with Gasteiger partial charge < -0.3 is 4.90 Å². The highest BCUT2D eigenvalue weighted by Gasteiger charge is 2.27. The van der Waals surface area contributed by atoms with Gasteiger partial charge in [-0.3, -0.25) is 9.58 Å². The molecular weight excluding hydrogens is 509 g/mol. The van der Waals surface area contributed by atoms with Gasteiger partial charge in [-0.25, -0.2) is 13.2 Å². The van der Waals surface area contributed by atoms with Crippen molar-refractivity contribution in [2.45, 2.75) is 45.2 Å². The van der Waals surface area contributed by atoms with E-state index in [1.807, 2.05) is 41.1 Å². The fraction of sp³-hybridized carbons (Fsp3) is 0.364. The van der Waals surface area contributed by atoms with E-state index in [2.05, 4.69) is 36.6 Å². The van der Waals surface area contributed by atoms with E-state index in [9.17, 15) is 13.2 Å². The van der Waals surface area contributed by atoms with Crippen molar-refractivity contribution in [2.24, 2.45) is 0 Å². The minimum atomic E-state index is -0.261. The second-order valence-corrected chi connectivity index (χ2v) is 11.6. The molecule has 0 aliphatic carbocycles. The Morgan fingerprint density at radius 2 is 1.23 bits per heavy atom. The van der Waals surface area contributed by atoms with Gasteiger partial charge >= 0.3 is 0 Å². The van der Waals surface area contributed by atoms with Crippen molar-refractivity contribution in [1.29, 1.82) is 0 Å². The van der Waals surface area contributed by atoms with Crippen molar-refractivity contribution in [1.82, 2.24) is 19.6 Å². The number of nitrogens with zero attached hydrogens (tertiary/aromatic N) is 4. The standard InChI is InChI=1S/C33H37F3N4/c1-33(2,3)40-31(24-6-12-27(34)13-7-24)23-30(37-40)5-4-18-38-19-21-39(22-20-38)32(25-8-14-28(35)15-9-25)26-10-16-29(36)17-11-26/h6-17,23,32H,4-5,18-22H2,1-3H3. The zero-order valence-corrected chi connectivity index (χ0v) is 23.5. The van der Waals surface area contributed by atoms with Gasteiger partial charge in [-0.2, -0.15) is 5.10 Å². The molecule has 0 saturated carbocycles. The average Bonchev–Trinajstić information content (AvgIpc) is 3.37. The largest absolute Gasteiger partial charge is 0.301 e. The lowest BCUT2D eigenvalue weighted by atomic mass is 9.96. The van der Waals surface area contributed by atoms with Crippen molar-refractivity contribution >= 4 is 0 Å². The maximum atomic E-state index is 13.6. The van der Waals surface area contributed by atoms with Crippen LogP contribution in [0.1, 0.15) is 50.1 Å². The summed E-state index contributed by atoms with van der Waals surface area (Å²) in [6.07, 6.45) is 1.86. The molecule has 4 nitrogen and oxygen atoms in total. The molecule has 1 aromatic heterocycles. The fourth-order valence-corrected chi connectivity index (χ4v) is 5.52. The quantitative estimate of drug-likeness (QED) is 0.236.